The quantitative estimate of drug-likeness (QED) is 0.695. The Morgan fingerprint density at radius 3 is 2.90 bits per heavy atom. The molecule has 9 heteroatoms. The zero-order valence-corrected chi connectivity index (χ0v) is 13.3. The van der Waals surface area contributed by atoms with Gasteiger partial charge in [-0.25, -0.2) is 13.4 Å². The lowest BCUT2D eigenvalue weighted by Gasteiger charge is -2.14. The van der Waals surface area contributed by atoms with Crippen LogP contribution in [0.3, 0.4) is 0 Å². The Balaban J connectivity index is 1.80. The van der Waals surface area contributed by atoms with Crippen LogP contribution in [0.15, 0.2) is 5.38 Å². The number of nitrogens with zero attached hydrogens (tertiary/aromatic N) is 1. The number of hydrogen-bond acceptors (Lipinski definition) is 6. The molecule has 0 saturated heterocycles. The van der Waals surface area contributed by atoms with Crippen molar-refractivity contribution in [2.45, 2.75) is 31.8 Å². The lowest BCUT2D eigenvalue weighted by Crippen LogP contribution is -2.33. The van der Waals surface area contributed by atoms with Crippen LogP contribution in [0, 0.1) is 5.92 Å². The van der Waals surface area contributed by atoms with Crippen molar-refractivity contribution in [2.75, 3.05) is 17.5 Å². The van der Waals surface area contributed by atoms with E-state index in [2.05, 4.69) is 15.0 Å². The van der Waals surface area contributed by atoms with Gasteiger partial charge in [-0.1, -0.05) is 6.42 Å². The van der Waals surface area contributed by atoms with E-state index < -0.39 is 10.0 Å². The fraction of sp³-hybridized carbons (Fsp3) is 0.667. The summed E-state index contributed by atoms with van der Waals surface area (Å²) in [5, 5.41) is 14.4. The fourth-order valence-corrected chi connectivity index (χ4v) is 3.88. The number of hydrogen-bond donors (Lipinski definition) is 3. The minimum atomic E-state index is -3.35. The van der Waals surface area contributed by atoms with Crippen LogP contribution in [0.25, 0.3) is 0 Å². The van der Waals surface area contributed by atoms with Crippen molar-refractivity contribution in [3.63, 3.8) is 0 Å². The summed E-state index contributed by atoms with van der Waals surface area (Å²) in [6, 6.07) is 0. The van der Waals surface area contributed by atoms with Gasteiger partial charge in [-0.15, -0.1) is 11.3 Å². The summed E-state index contributed by atoms with van der Waals surface area (Å²) in [5.41, 5.74) is 0.524. The second-order valence-electron chi connectivity index (χ2n) is 5.26. The van der Waals surface area contributed by atoms with Crippen molar-refractivity contribution in [1.29, 1.82) is 0 Å². The van der Waals surface area contributed by atoms with Crippen LogP contribution in [0.5, 0.6) is 0 Å². The summed E-state index contributed by atoms with van der Waals surface area (Å²) in [7, 11) is -3.35. The van der Waals surface area contributed by atoms with Gasteiger partial charge >= 0.3 is 0 Å². The predicted molar refractivity (Wildman–Crippen MR) is 80.6 cm³/mol. The molecule has 3 N–H and O–H groups in total. The molecule has 2 rings (SSSR count). The summed E-state index contributed by atoms with van der Waals surface area (Å²) in [5.74, 6) is -0.0443. The molecular weight excluding hydrogens is 314 g/mol. The number of nitrogens with one attached hydrogen (secondary N) is 2. The van der Waals surface area contributed by atoms with E-state index in [1.165, 1.54) is 0 Å². The van der Waals surface area contributed by atoms with Gasteiger partial charge in [0.05, 0.1) is 24.5 Å². The van der Waals surface area contributed by atoms with Gasteiger partial charge in [-0.05, 0) is 12.8 Å². The Morgan fingerprint density at radius 1 is 1.52 bits per heavy atom. The number of carbonyl (C=O) groups is 1. The smallest absolute Gasteiger partial charge is 0.231 e. The number of rotatable bonds is 6. The largest absolute Gasteiger partial charge is 0.393 e. The van der Waals surface area contributed by atoms with Crippen molar-refractivity contribution < 1.29 is 18.3 Å². The van der Waals surface area contributed by atoms with Gasteiger partial charge in [0.15, 0.2) is 5.13 Å². The van der Waals surface area contributed by atoms with Crippen LogP contribution < -0.4 is 10.0 Å². The highest BCUT2D eigenvalue weighted by Gasteiger charge is 2.25. The number of aliphatic hydroxyl groups is 1. The third kappa shape index (κ3) is 5.25. The van der Waals surface area contributed by atoms with Crippen molar-refractivity contribution >= 4 is 32.4 Å². The number of amides is 1. The molecule has 1 aromatic rings. The third-order valence-electron chi connectivity index (χ3n) is 3.35. The van der Waals surface area contributed by atoms with Crippen LogP contribution in [-0.2, 0) is 21.2 Å². The summed E-state index contributed by atoms with van der Waals surface area (Å²) in [6.45, 7) is 0.471. The molecule has 1 amide bonds. The number of aliphatic hydroxyl groups excluding tert-OH is 1. The van der Waals surface area contributed by atoms with Gasteiger partial charge < -0.3 is 10.4 Å². The fourth-order valence-electron chi connectivity index (χ4n) is 2.32. The summed E-state index contributed by atoms with van der Waals surface area (Å²) >= 11 is 1.14. The maximum absolute atomic E-state index is 11.8. The first kappa shape index (κ1) is 16.2. The molecule has 21 heavy (non-hydrogen) atoms. The van der Waals surface area contributed by atoms with Gasteiger partial charge in [0.2, 0.25) is 15.9 Å². The normalized spacial score (nSPS) is 22.2. The van der Waals surface area contributed by atoms with E-state index in [0.29, 0.717) is 12.2 Å². The summed E-state index contributed by atoms with van der Waals surface area (Å²) in [6.07, 6.45) is 3.55. The first-order valence-electron chi connectivity index (χ1n) is 6.70. The molecule has 1 aromatic heterocycles. The Morgan fingerprint density at radius 2 is 2.29 bits per heavy atom. The highest BCUT2D eigenvalue weighted by Crippen LogP contribution is 2.24. The number of aromatic nitrogens is 1. The molecule has 0 radical (unpaired) electrons. The summed E-state index contributed by atoms with van der Waals surface area (Å²) < 4.78 is 24.4. The van der Waals surface area contributed by atoms with Gasteiger partial charge in [0, 0.05) is 17.8 Å². The minimum Gasteiger partial charge on any atom is -0.393 e. The topological polar surface area (TPSA) is 108 Å². The Hall–Kier alpha value is -1.19. The van der Waals surface area contributed by atoms with Gasteiger partial charge in [-0.3, -0.25) is 9.52 Å². The predicted octanol–water partition coefficient (Wildman–Crippen LogP) is 0.334. The average Bonchev–Trinajstić information content (AvgIpc) is 2.94. The molecule has 1 heterocycles. The number of anilines is 1. The number of thiazole rings is 1. The standard InChI is InChI=1S/C12H19N3O4S2/c1-21(18,19)15-12-14-9(7-20-12)5-11(17)13-6-8-3-2-4-10(8)16/h7-8,10,16H,2-6H2,1H3,(H,13,17)(H,14,15). The van der Waals surface area contributed by atoms with Crippen molar-refractivity contribution in [1.82, 2.24) is 10.3 Å². The molecule has 1 aliphatic rings. The second kappa shape index (κ2) is 6.71. The highest BCUT2D eigenvalue weighted by atomic mass is 32.2. The van der Waals surface area contributed by atoms with Crippen LogP contribution >= 0.6 is 11.3 Å². The Bertz CT molecular complexity index is 599. The van der Waals surface area contributed by atoms with E-state index in [4.69, 9.17) is 0 Å². The molecule has 0 spiro atoms. The van der Waals surface area contributed by atoms with Crippen molar-refractivity contribution in [3.05, 3.63) is 11.1 Å². The molecule has 0 aromatic carbocycles. The van der Waals surface area contributed by atoms with Gasteiger partial charge in [0.1, 0.15) is 0 Å². The molecular formula is C12H19N3O4S2. The van der Waals surface area contributed by atoms with E-state index in [1.807, 2.05) is 0 Å². The molecule has 2 unspecified atom stereocenters. The van der Waals surface area contributed by atoms with Gasteiger partial charge in [0.25, 0.3) is 0 Å². The summed E-state index contributed by atoms with van der Waals surface area (Å²) in [4.78, 5) is 15.9. The first-order chi connectivity index (χ1) is 9.83. The molecule has 0 aliphatic heterocycles. The van der Waals surface area contributed by atoms with Crippen molar-refractivity contribution in [2.24, 2.45) is 5.92 Å². The van der Waals surface area contributed by atoms with Gasteiger partial charge in [-0.2, -0.15) is 0 Å². The molecule has 1 aliphatic carbocycles. The van der Waals surface area contributed by atoms with E-state index >= 15 is 0 Å². The zero-order chi connectivity index (χ0) is 15.5. The van der Waals surface area contributed by atoms with Crippen LogP contribution in [0.4, 0.5) is 5.13 Å². The van der Waals surface area contributed by atoms with Crippen LogP contribution in [0.2, 0.25) is 0 Å². The molecule has 1 saturated carbocycles. The monoisotopic (exact) mass is 333 g/mol. The number of sulfonamides is 1. The van der Waals surface area contributed by atoms with Crippen molar-refractivity contribution in [3.8, 4) is 0 Å². The second-order valence-corrected chi connectivity index (χ2v) is 7.86. The average molecular weight is 333 g/mol. The lowest BCUT2D eigenvalue weighted by molar-refractivity contribution is -0.120. The van der Waals surface area contributed by atoms with E-state index in [0.717, 1.165) is 36.9 Å². The molecule has 1 fully saturated rings. The van der Waals surface area contributed by atoms with Crippen LogP contribution in [0.1, 0.15) is 25.0 Å². The number of carbonyl (C=O) groups excluding carboxylic acids is 1. The Labute approximate surface area is 127 Å². The van der Waals surface area contributed by atoms with E-state index in [-0.39, 0.29) is 29.5 Å². The van der Waals surface area contributed by atoms with E-state index in [1.54, 1.807) is 5.38 Å². The Kier molecular flexibility index (Phi) is 5.17. The first-order valence-corrected chi connectivity index (χ1v) is 9.47. The third-order valence-corrected chi connectivity index (χ3v) is 4.85. The van der Waals surface area contributed by atoms with E-state index in [9.17, 15) is 18.3 Å². The maximum atomic E-state index is 11.8. The zero-order valence-electron chi connectivity index (χ0n) is 11.7. The molecule has 0 bridgehead atoms. The molecule has 2 atom stereocenters. The minimum absolute atomic E-state index is 0.102. The lowest BCUT2D eigenvalue weighted by atomic mass is 10.1. The highest BCUT2D eigenvalue weighted by molar-refractivity contribution is 7.92. The maximum Gasteiger partial charge on any atom is 0.231 e. The molecule has 7 nitrogen and oxygen atoms in total. The molecule has 118 valence electrons. The SMILES string of the molecule is CS(=O)(=O)Nc1nc(CC(=O)NCC2CCCC2O)cs1. The van der Waals surface area contributed by atoms with Crippen LogP contribution in [-0.4, -0.2) is 43.3 Å².